The van der Waals surface area contributed by atoms with Gasteiger partial charge in [0.1, 0.15) is 0 Å². The standard InChI is InChI=1S/C16H33/c1-5-7-8-13-16(11-6-2)14-10-9-12-15(3)4/h10,15-16H,5-9,11-14H2,1-4H3. The van der Waals surface area contributed by atoms with Crippen molar-refractivity contribution in [3.8, 4) is 0 Å². The summed E-state index contributed by atoms with van der Waals surface area (Å²) < 4.78 is 0. The summed E-state index contributed by atoms with van der Waals surface area (Å²) >= 11 is 0. The van der Waals surface area contributed by atoms with Gasteiger partial charge in [-0.2, -0.15) is 0 Å². The molecule has 0 rings (SSSR count). The van der Waals surface area contributed by atoms with Crippen LogP contribution in [0.15, 0.2) is 0 Å². The zero-order valence-electron chi connectivity index (χ0n) is 12.1. The normalized spacial score (nSPS) is 13.3. The Hall–Kier alpha value is 0. The first-order chi connectivity index (χ1) is 7.70. The molecule has 0 spiro atoms. The molecule has 0 aliphatic heterocycles. The fourth-order valence-electron chi connectivity index (χ4n) is 2.28. The highest BCUT2D eigenvalue weighted by atomic mass is 14.1. The van der Waals surface area contributed by atoms with Gasteiger partial charge in [-0.3, -0.25) is 0 Å². The zero-order valence-corrected chi connectivity index (χ0v) is 12.1. The molecule has 1 radical (unpaired) electrons. The summed E-state index contributed by atoms with van der Waals surface area (Å²) in [5.74, 6) is 1.84. The Labute approximate surface area is 104 Å². The lowest BCUT2D eigenvalue weighted by Gasteiger charge is -2.15. The van der Waals surface area contributed by atoms with Gasteiger partial charge >= 0.3 is 0 Å². The second-order valence-electron chi connectivity index (χ2n) is 5.65. The minimum Gasteiger partial charge on any atom is -0.0654 e. The van der Waals surface area contributed by atoms with Crippen LogP contribution >= 0.6 is 0 Å². The van der Waals surface area contributed by atoms with Gasteiger partial charge < -0.3 is 0 Å². The third-order valence-corrected chi connectivity index (χ3v) is 3.36. The van der Waals surface area contributed by atoms with Crippen LogP contribution in [0, 0.1) is 18.3 Å². The van der Waals surface area contributed by atoms with E-state index in [0.717, 1.165) is 11.8 Å². The SMILES string of the molecule is CCCCCC(C[CH]CCC(C)C)CCC. The van der Waals surface area contributed by atoms with Crippen molar-refractivity contribution in [3.05, 3.63) is 6.42 Å². The van der Waals surface area contributed by atoms with Crippen LogP contribution in [0.25, 0.3) is 0 Å². The Bertz CT molecular complexity index is 126. The molecule has 1 unspecified atom stereocenters. The van der Waals surface area contributed by atoms with E-state index in [4.69, 9.17) is 0 Å². The molecule has 16 heavy (non-hydrogen) atoms. The number of unbranched alkanes of at least 4 members (excludes halogenated alkanes) is 3. The van der Waals surface area contributed by atoms with Gasteiger partial charge in [0.2, 0.25) is 0 Å². The molecule has 0 bridgehead atoms. The van der Waals surface area contributed by atoms with Crippen molar-refractivity contribution >= 4 is 0 Å². The summed E-state index contributed by atoms with van der Waals surface area (Å²) in [6, 6.07) is 0. The molecule has 0 N–H and O–H groups in total. The molecule has 1 atom stereocenters. The Kier molecular flexibility index (Phi) is 11.5. The van der Waals surface area contributed by atoms with Crippen molar-refractivity contribution in [1.82, 2.24) is 0 Å². The van der Waals surface area contributed by atoms with E-state index in [1.165, 1.54) is 57.8 Å². The summed E-state index contributed by atoms with van der Waals surface area (Å²) in [4.78, 5) is 0. The fraction of sp³-hybridized carbons (Fsp3) is 0.938. The molecule has 0 heterocycles. The van der Waals surface area contributed by atoms with E-state index in [1.54, 1.807) is 0 Å². The van der Waals surface area contributed by atoms with Gasteiger partial charge in [-0.05, 0) is 31.1 Å². The highest BCUT2D eigenvalue weighted by molar-refractivity contribution is 4.72. The third kappa shape index (κ3) is 10.5. The highest BCUT2D eigenvalue weighted by Crippen LogP contribution is 2.22. The van der Waals surface area contributed by atoms with E-state index in [9.17, 15) is 0 Å². The first kappa shape index (κ1) is 16.0. The average molecular weight is 225 g/mol. The van der Waals surface area contributed by atoms with E-state index in [1.807, 2.05) is 0 Å². The second-order valence-corrected chi connectivity index (χ2v) is 5.65. The van der Waals surface area contributed by atoms with Gasteiger partial charge in [0.25, 0.3) is 0 Å². The summed E-state index contributed by atoms with van der Waals surface area (Å²) in [7, 11) is 0. The van der Waals surface area contributed by atoms with E-state index in [0.29, 0.717) is 0 Å². The molecular weight excluding hydrogens is 192 g/mol. The lowest BCUT2D eigenvalue weighted by Crippen LogP contribution is -2.01. The van der Waals surface area contributed by atoms with Crippen LogP contribution in [-0.2, 0) is 0 Å². The van der Waals surface area contributed by atoms with Crippen molar-refractivity contribution in [3.63, 3.8) is 0 Å². The molecule has 0 aromatic rings. The van der Waals surface area contributed by atoms with Crippen molar-refractivity contribution < 1.29 is 0 Å². The van der Waals surface area contributed by atoms with E-state index in [2.05, 4.69) is 34.1 Å². The molecule has 0 amide bonds. The first-order valence-corrected chi connectivity index (χ1v) is 7.52. The van der Waals surface area contributed by atoms with E-state index < -0.39 is 0 Å². The van der Waals surface area contributed by atoms with Crippen molar-refractivity contribution in [2.45, 2.75) is 85.5 Å². The molecule has 0 saturated heterocycles. The molecule has 0 saturated carbocycles. The molecule has 0 fully saturated rings. The molecule has 0 heteroatoms. The van der Waals surface area contributed by atoms with Crippen LogP contribution in [0.1, 0.15) is 85.5 Å². The Morgan fingerprint density at radius 1 is 0.875 bits per heavy atom. The van der Waals surface area contributed by atoms with E-state index >= 15 is 0 Å². The van der Waals surface area contributed by atoms with Crippen molar-refractivity contribution in [2.24, 2.45) is 11.8 Å². The van der Waals surface area contributed by atoms with Gasteiger partial charge in [-0.1, -0.05) is 72.6 Å². The van der Waals surface area contributed by atoms with Crippen LogP contribution in [0.5, 0.6) is 0 Å². The summed E-state index contributed by atoms with van der Waals surface area (Å²) in [5.41, 5.74) is 0. The highest BCUT2D eigenvalue weighted by Gasteiger charge is 2.07. The molecule has 0 aromatic carbocycles. The predicted molar refractivity (Wildman–Crippen MR) is 75.5 cm³/mol. The number of rotatable bonds is 11. The predicted octanol–water partition coefficient (Wildman–Crippen LogP) is 6.01. The molecule has 97 valence electrons. The van der Waals surface area contributed by atoms with Crippen LogP contribution < -0.4 is 0 Å². The van der Waals surface area contributed by atoms with Crippen LogP contribution in [-0.4, -0.2) is 0 Å². The zero-order chi connectivity index (χ0) is 12.2. The summed E-state index contributed by atoms with van der Waals surface area (Å²) in [6.45, 7) is 9.25. The van der Waals surface area contributed by atoms with Crippen LogP contribution in [0.2, 0.25) is 0 Å². The molecule has 0 aliphatic rings. The largest absolute Gasteiger partial charge is 0.0654 e. The fourth-order valence-corrected chi connectivity index (χ4v) is 2.28. The topological polar surface area (TPSA) is 0 Å². The Morgan fingerprint density at radius 2 is 1.62 bits per heavy atom. The Morgan fingerprint density at radius 3 is 2.19 bits per heavy atom. The van der Waals surface area contributed by atoms with Crippen LogP contribution in [0.4, 0.5) is 0 Å². The minimum absolute atomic E-state index is 0.862. The summed E-state index contributed by atoms with van der Waals surface area (Å²) in [5, 5.41) is 0. The molecular formula is C16H33. The maximum Gasteiger partial charge on any atom is -0.0383 e. The lowest BCUT2D eigenvalue weighted by molar-refractivity contribution is 0.410. The molecule has 0 aromatic heterocycles. The smallest absolute Gasteiger partial charge is 0.0383 e. The monoisotopic (exact) mass is 225 g/mol. The van der Waals surface area contributed by atoms with Crippen LogP contribution in [0.3, 0.4) is 0 Å². The van der Waals surface area contributed by atoms with Gasteiger partial charge in [0.15, 0.2) is 0 Å². The third-order valence-electron chi connectivity index (χ3n) is 3.36. The minimum atomic E-state index is 0.862. The second kappa shape index (κ2) is 11.5. The van der Waals surface area contributed by atoms with Crippen molar-refractivity contribution in [1.29, 1.82) is 0 Å². The van der Waals surface area contributed by atoms with Gasteiger partial charge in [0, 0.05) is 0 Å². The quantitative estimate of drug-likeness (QED) is 0.377. The maximum atomic E-state index is 2.55. The molecule has 0 nitrogen and oxygen atoms in total. The number of hydrogen-bond acceptors (Lipinski definition) is 0. The average Bonchev–Trinajstić information content (AvgIpc) is 2.24. The van der Waals surface area contributed by atoms with E-state index in [-0.39, 0.29) is 0 Å². The van der Waals surface area contributed by atoms with Crippen molar-refractivity contribution in [2.75, 3.05) is 0 Å². The Balaban J connectivity index is 3.51. The van der Waals surface area contributed by atoms with Gasteiger partial charge in [0.05, 0.1) is 0 Å². The van der Waals surface area contributed by atoms with Gasteiger partial charge in [-0.25, -0.2) is 0 Å². The first-order valence-electron chi connectivity index (χ1n) is 7.52. The summed E-state index contributed by atoms with van der Waals surface area (Å²) in [6.07, 6.45) is 15.1. The van der Waals surface area contributed by atoms with Gasteiger partial charge in [-0.15, -0.1) is 0 Å². The maximum absolute atomic E-state index is 2.55. The molecule has 0 aliphatic carbocycles. The lowest BCUT2D eigenvalue weighted by atomic mass is 9.90. The number of hydrogen-bond donors (Lipinski definition) is 0.